The van der Waals surface area contributed by atoms with E-state index >= 15 is 0 Å². The molecule has 1 saturated heterocycles. The van der Waals surface area contributed by atoms with E-state index in [1.54, 1.807) is 28.4 Å². The van der Waals surface area contributed by atoms with Crippen LogP contribution in [0.15, 0.2) is 48.8 Å². The topological polar surface area (TPSA) is 65.7 Å². The molecule has 0 unspecified atom stereocenters. The first-order valence-electron chi connectivity index (χ1n) is 8.72. The Morgan fingerprint density at radius 2 is 1.88 bits per heavy atom. The summed E-state index contributed by atoms with van der Waals surface area (Å²) in [6, 6.07) is 11.3. The molecule has 0 bridgehead atoms. The van der Waals surface area contributed by atoms with E-state index in [9.17, 15) is 5.11 Å². The van der Waals surface area contributed by atoms with Crippen LogP contribution in [0.5, 0.6) is 5.75 Å². The molecule has 3 aromatic rings. The first kappa shape index (κ1) is 16.8. The molecule has 134 valence electrons. The van der Waals surface area contributed by atoms with E-state index in [-0.39, 0.29) is 5.75 Å². The lowest BCUT2D eigenvalue weighted by atomic mass is 10.2. The van der Waals surface area contributed by atoms with Crippen LogP contribution in [0.3, 0.4) is 0 Å². The normalized spacial score (nSPS) is 15.2. The number of phenols is 1. The number of phenolic OH excluding ortho intramolecular Hbond substituents is 1. The van der Waals surface area contributed by atoms with Crippen LogP contribution in [-0.4, -0.2) is 48.3 Å². The van der Waals surface area contributed by atoms with Gasteiger partial charge in [-0.2, -0.15) is 0 Å². The molecule has 0 saturated carbocycles. The maximum Gasteiger partial charge on any atom is 0.188 e. The van der Waals surface area contributed by atoms with Crippen molar-refractivity contribution in [2.24, 2.45) is 0 Å². The molecule has 0 aliphatic carbocycles. The van der Waals surface area contributed by atoms with Crippen molar-refractivity contribution in [2.45, 2.75) is 0 Å². The molecule has 0 amide bonds. The van der Waals surface area contributed by atoms with Crippen LogP contribution in [0.2, 0.25) is 0 Å². The van der Waals surface area contributed by atoms with Crippen molar-refractivity contribution in [3.8, 4) is 16.2 Å². The molecule has 0 spiro atoms. The molecule has 1 fully saturated rings. The Bertz CT molecular complexity index is 872. The second kappa shape index (κ2) is 7.31. The van der Waals surface area contributed by atoms with Gasteiger partial charge in [0.1, 0.15) is 11.6 Å². The van der Waals surface area contributed by atoms with Crippen molar-refractivity contribution in [1.82, 2.24) is 9.97 Å². The number of aromatic hydroxyl groups is 1. The van der Waals surface area contributed by atoms with Crippen molar-refractivity contribution in [3.63, 3.8) is 0 Å². The van der Waals surface area contributed by atoms with Crippen LogP contribution in [0.1, 0.15) is 0 Å². The lowest BCUT2D eigenvalue weighted by Crippen LogP contribution is -3.12. The minimum absolute atomic E-state index is 0.267. The van der Waals surface area contributed by atoms with E-state index in [4.69, 9.17) is 0 Å². The molecule has 3 N–H and O–H groups in total. The van der Waals surface area contributed by atoms with Crippen LogP contribution >= 0.6 is 11.3 Å². The SMILES string of the molecule is C[NH+]1CCN(c2ccnc(Nc3ncc(-c4ccc(O)cc4)s3)c2)CC1. The number of piperazine rings is 1. The lowest BCUT2D eigenvalue weighted by molar-refractivity contribution is -0.880. The molecular weight excluding hydrogens is 346 g/mol. The minimum atomic E-state index is 0.267. The number of quaternary nitrogens is 1. The largest absolute Gasteiger partial charge is 0.508 e. The van der Waals surface area contributed by atoms with Gasteiger partial charge in [0, 0.05) is 24.1 Å². The average Bonchev–Trinajstić information content (AvgIpc) is 3.11. The van der Waals surface area contributed by atoms with E-state index in [2.05, 4.69) is 39.4 Å². The second-order valence-electron chi connectivity index (χ2n) is 6.54. The zero-order valence-electron chi connectivity index (χ0n) is 14.6. The predicted octanol–water partition coefficient (Wildman–Crippen LogP) is 1.99. The standard InChI is InChI=1S/C19H21N5OS/c1-23-8-10-24(11-9-23)15-6-7-20-18(12-15)22-19-21-13-17(26-19)14-2-4-16(25)5-3-14/h2-7,12-13,25H,8-11H2,1H3,(H,20,21,22)/p+1. The summed E-state index contributed by atoms with van der Waals surface area (Å²) in [5.41, 5.74) is 2.24. The van der Waals surface area contributed by atoms with Gasteiger partial charge in [0.05, 0.1) is 38.1 Å². The van der Waals surface area contributed by atoms with Crippen molar-refractivity contribution < 1.29 is 10.0 Å². The maximum absolute atomic E-state index is 9.41. The van der Waals surface area contributed by atoms with Crippen molar-refractivity contribution in [3.05, 3.63) is 48.8 Å². The summed E-state index contributed by atoms with van der Waals surface area (Å²) in [6.45, 7) is 4.45. The van der Waals surface area contributed by atoms with Gasteiger partial charge < -0.3 is 20.2 Å². The smallest absolute Gasteiger partial charge is 0.188 e. The van der Waals surface area contributed by atoms with Crippen LogP contribution in [-0.2, 0) is 0 Å². The molecular formula is C19H22N5OS+. The Morgan fingerprint density at radius 1 is 1.12 bits per heavy atom. The fraction of sp³-hybridized carbons (Fsp3) is 0.263. The number of likely N-dealkylation sites (N-methyl/N-ethyl adjacent to an activating group) is 1. The quantitative estimate of drug-likeness (QED) is 0.657. The van der Waals surface area contributed by atoms with Gasteiger partial charge in [-0.1, -0.05) is 11.3 Å². The highest BCUT2D eigenvalue weighted by Gasteiger charge is 2.17. The van der Waals surface area contributed by atoms with Crippen molar-refractivity contribution in [1.29, 1.82) is 0 Å². The number of aromatic nitrogens is 2. The molecule has 26 heavy (non-hydrogen) atoms. The van der Waals surface area contributed by atoms with Crippen LogP contribution in [0.25, 0.3) is 10.4 Å². The molecule has 4 rings (SSSR count). The Kier molecular flexibility index (Phi) is 4.73. The summed E-state index contributed by atoms with van der Waals surface area (Å²) in [6.07, 6.45) is 3.68. The number of hydrogen-bond donors (Lipinski definition) is 3. The number of anilines is 3. The van der Waals surface area contributed by atoms with Gasteiger partial charge in [0.15, 0.2) is 5.13 Å². The van der Waals surface area contributed by atoms with Gasteiger partial charge in [-0.05, 0) is 35.9 Å². The third-order valence-corrected chi connectivity index (χ3v) is 5.58. The molecule has 0 atom stereocenters. The van der Waals surface area contributed by atoms with Crippen LogP contribution in [0.4, 0.5) is 16.6 Å². The fourth-order valence-electron chi connectivity index (χ4n) is 3.03. The number of nitrogens with one attached hydrogen (secondary N) is 2. The molecule has 2 aromatic heterocycles. The van der Waals surface area contributed by atoms with Gasteiger partial charge >= 0.3 is 0 Å². The van der Waals surface area contributed by atoms with E-state index in [0.29, 0.717) is 0 Å². The van der Waals surface area contributed by atoms with E-state index in [1.807, 2.05) is 24.5 Å². The Morgan fingerprint density at radius 3 is 2.65 bits per heavy atom. The summed E-state index contributed by atoms with van der Waals surface area (Å²) >= 11 is 1.57. The van der Waals surface area contributed by atoms with Gasteiger partial charge in [-0.15, -0.1) is 0 Å². The molecule has 1 aliphatic rings. The summed E-state index contributed by atoms with van der Waals surface area (Å²) in [5.74, 6) is 1.07. The first-order chi connectivity index (χ1) is 12.7. The highest BCUT2D eigenvalue weighted by molar-refractivity contribution is 7.18. The number of thiazole rings is 1. The van der Waals surface area contributed by atoms with Crippen molar-refractivity contribution >= 4 is 28.0 Å². The van der Waals surface area contributed by atoms with E-state index in [0.717, 1.165) is 47.6 Å². The number of pyridine rings is 1. The lowest BCUT2D eigenvalue weighted by Gasteiger charge is -2.31. The van der Waals surface area contributed by atoms with Crippen LogP contribution < -0.4 is 15.1 Å². The van der Waals surface area contributed by atoms with Gasteiger partial charge in [-0.25, -0.2) is 9.97 Å². The average molecular weight is 368 g/mol. The van der Waals surface area contributed by atoms with E-state index in [1.165, 1.54) is 5.69 Å². The van der Waals surface area contributed by atoms with Gasteiger partial charge in [-0.3, -0.25) is 0 Å². The molecule has 1 aromatic carbocycles. The molecule has 3 heterocycles. The van der Waals surface area contributed by atoms with Gasteiger partial charge in [0.2, 0.25) is 0 Å². The zero-order chi connectivity index (χ0) is 17.9. The highest BCUT2D eigenvalue weighted by Crippen LogP contribution is 2.31. The summed E-state index contributed by atoms with van der Waals surface area (Å²) < 4.78 is 0. The number of nitrogens with zero attached hydrogens (tertiary/aromatic N) is 3. The first-order valence-corrected chi connectivity index (χ1v) is 9.53. The van der Waals surface area contributed by atoms with Crippen molar-refractivity contribution in [2.75, 3.05) is 43.4 Å². The minimum Gasteiger partial charge on any atom is -0.508 e. The van der Waals surface area contributed by atoms with Gasteiger partial charge in [0.25, 0.3) is 0 Å². The van der Waals surface area contributed by atoms with E-state index < -0.39 is 0 Å². The second-order valence-corrected chi connectivity index (χ2v) is 7.58. The number of rotatable bonds is 4. The van der Waals surface area contributed by atoms with Crippen LogP contribution in [0, 0.1) is 0 Å². The monoisotopic (exact) mass is 368 g/mol. The highest BCUT2D eigenvalue weighted by atomic mass is 32.1. The maximum atomic E-state index is 9.41. The Hall–Kier alpha value is -2.64. The number of benzene rings is 1. The Labute approximate surface area is 156 Å². The molecule has 6 nitrogen and oxygen atoms in total. The molecule has 1 aliphatic heterocycles. The molecule has 0 radical (unpaired) electrons. The zero-order valence-corrected chi connectivity index (χ0v) is 15.5. The predicted molar refractivity (Wildman–Crippen MR) is 106 cm³/mol. The third kappa shape index (κ3) is 3.79. The number of hydrogen-bond acceptors (Lipinski definition) is 6. The Balaban J connectivity index is 1.48. The summed E-state index contributed by atoms with van der Waals surface area (Å²) in [4.78, 5) is 13.9. The fourth-order valence-corrected chi connectivity index (χ4v) is 3.86. The summed E-state index contributed by atoms with van der Waals surface area (Å²) in [7, 11) is 2.24. The summed E-state index contributed by atoms with van der Waals surface area (Å²) in [5, 5.41) is 13.5. The molecule has 7 heteroatoms. The third-order valence-electron chi connectivity index (χ3n) is 4.62.